The number of imidazole rings is 1. The van der Waals surface area contributed by atoms with Crippen molar-refractivity contribution in [1.82, 2.24) is 9.97 Å². The molecule has 1 heterocycles. The number of nitrogens with one attached hydrogen (secondary N) is 1. The zero-order valence-electron chi connectivity index (χ0n) is 7.50. The summed E-state index contributed by atoms with van der Waals surface area (Å²) in [6, 6.07) is 7.98. The van der Waals surface area contributed by atoms with E-state index in [0.717, 1.165) is 21.6 Å². The molecule has 2 rings (SSSR count). The van der Waals surface area contributed by atoms with E-state index in [4.69, 9.17) is 5.73 Å². The molecule has 0 unspecified atom stereocenters. The summed E-state index contributed by atoms with van der Waals surface area (Å²) >= 11 is 3.42. The Bertz CT molecular complexity index is 436. The molecule has 0 aliphatic carbocycles. The second-order valence-corrected chi connectivity index (χ2v) is 3.89. The lowest BCUT2D eigenvalue weighted by Gasteiger charge is -1.97. The number of H-pyrrole nitrogens is 1. The van der Waals surface area contributed by atoms with Crippen LogP contribution in [0.25, 0.3) is 11.4 Å². The summed E-state index contributed by atoms with van der Waals surface area (Å²) in [4.78, 5) is 7.39. The van der Waals surface area contributed by atoms with Gasteiger partial charge in [0, 0.05) is 28.5 Å². The summed E-state index contributed by atoms with van der Waals surface area (Å²) in [7, 11) is 0. The van der Waals surface area contributed by atoms with Crippen LogP contribution in [0.15, 0.2) is 34.9 Å². The quantitative estimate of drug-likeness (QED) is 0.861. The van der Waals surface area contributed by atoms with Gasteiger partial charge in [-0.15, -0.1) is 0 Å². The molecule has 0 saturated carbocycles. The molecule has 0 bridgehead atoms. The first kappa shape index (κ1) is 9.43. The van der Waals surface area contributed by atoms with Crippen molar-refractivity contribution in [1.29, 1.82) is 0 Å². The molecular weight excluding hydrogens is 242 g/mol. The molecule has 0 fully saturated rings. The molecule has 3 nitrogen and oxygen atoms in total. The van der Waals surface area contributed by atoms with E-state index in [9.17, 15) is 0 Å². The number of hydrogen-bond acceptors (Lipinski definition) is 2. The van der Waals surface area contributed by atoms with Crippen molar-refractivity contribution in [2.75, 3.05) is 0 Å². The van der Waals surface area contributed by atoms with Crippen LogP contribution in [0.4, 0.5) is 0 Å². The van der Waals surface area contributed by atoms with Gasteiger partial charge in [0.1, 0.15) is 5.82 Å². The number of nitrogens with two attached hydrogens (primary N) is 1. The minimum Gasteiger partial charge on any atom is -0.341 e. The molecule has 0 saturated heterocycles. The Morgan fingerprint density at radius 1 is 1.43 bits per heavy atom. The third-order valence-corrected chi connectivity index (χ3v) is 2.44. The summed E-state index contributed by atoms with van der Waals surface area (Å²) in [5.74, 6) is 0.853. The van der Waals surface area contributed by atoms with Crippen molar-refractivity contribution in [2.45, 2.75) is 6.54 Å². The summed E-state index contributed by atoms with van der Waals surface area (Å²) in [6.45, 7) is 0.487. The van der Waals surface area contributed by atoms with Crippen LogP contribution in [-0.2, 0) is 6.54 Å². The molecule has 1 aromatic heterocycles. The van der Waals surface area contributed by atoms with Crippen LogP contribution in [0.3, 0.4) is 0 Å². The maximum absolute atomic E-state index is 5.49. The molecule has 3 N–H and O–H groups in total. The highest BCUT2D eigenvalue weighted by atomic mass is 79.9. The average Bonchev–Trinajstić information content (AvgIpc) is 2.66. The van der Waals surface area contributed by atoms with Crippen LogP contribution in [0.2, 0.25) is 0 Å². The minimum absolute atomic E-state index is 0.487. The van der Waals surface area contributed by atoms with E-state index in [1.54, 1.807) is 6.20 Å². The first-order valence-corrected chi connectivity index (χ1v) is 5.09. The third-order valence-electron chi connectivity index (χ3n) is 1.95. The van der Waals surface area contributed by atoms with Crippen molar-refractivity contribution in [3.63, 3.8) is 0 Å². The monoisotopic (exact) mass is 251 g/mol. The predicted molar refractivity (Wildman–Crippen MR) is 59.6 cm³/mol. The van der Waals surface area contributed by atoms with Gasteiger partial charge in [0.05, 0.1) is 0 Å². The predicted octanol–water partition coefficient (Wildman–Crippen LogP) is 2.30. The van der Waals surface area contributed by atoms with E-state index in [0.29, 0.717) is 6.54 Å². The van der Waals surface area contributed by atoms with Crippen LogP contribution in [0.5, 0.6) is 0 Å². The van der Waals surface area contributed by atoms with E-state index in [1.807, 2.05) is 24.3 Å². The zero-order chi connectivity index (χ0) is 9.97. The van der Waals surface area contributed by atoms with Crippen molar-refractivity contribution in [2.24, 2.45) is 5.73 Å². The summed E-state index contributed by atoms with van der Waals surface area (Å²) in [5.41, 5.74) is 7.49. The molecule has 0 amide bonds. The van der Waals surface area contributed by atoms with Gasteiger partial charge in [0.25, 0.3) is 0 Å². The SMILES string of the molecule is NCc1cnc(-c2cccc(Br)c2)[nH]1. The molecular formula is C10H10BrN3. The highest BCUT2D eigenvalue weighted by Gasteiger charge is 2.02. The van der Waals surface area contributed by atoms with Gasteiger partial charge in [-0.25, -0.2) is 4.98 Å². The van der Waals surface area contributed by atoms with Crippen molar-refractivity contribution < 1.29 is 0 Å². The number of benzene rings is 1. The van der Waals surface area contributed by atoms with Gasteiger partial charge < -0.3 is 10.7 Å². The van der Waals surface area contributed by atoms with Crippen LogP contribution >= 0.6 is 15.9 Å². The molecule has 14 heavy (non-hydrogen) atoms. The highest BCUT2D eigenvalue weighted by Crippen LogP contribution is 2.19. The Balaban J connectivity index is 2.39. The zero-order valence-corrected chi connectivity index (χ0v) is 9.08. The van der Waals surface area contributed by atoms with Crippen LogP contribution in [0.1, 0.15) is 5.69 Å². The lowest BCUT2D eigenvalue weighted by atomic mass is 10.2. The maximum Gasteiger partial charge on any atom is 0.137 e. The number of nitrogens with zero attached hydrogens (tertiary/aromatic N) is 1. The molecule has 0 spiro atoms. The second kappa shape index (κ2) is 3.94. The standard InChI is InChI=1S/C10H10BrN3/c11-8-3-1-2-7(4-8)10-13-6-9(5-12)14-10/h1-4,6H,5,12H2,(H,13,14). The van der Waals surface area contributed by atoms with E-state index >= 15 is 0 Å². The highest BCUT2D eigenvalue weighted by molar-refractivity contribution is 9.10. The van der Waals surface area contributed by atoms with Crippen LogP contribution in [-0.4, -0.2) is 9.97 Å². The molecule has 0 radical (unpaired) electrons. The van der Waals surface area contributed by atoms with Crippen molar-refractivity contribution in [3.8, 4) is 11.4 Å². The molecule has 2 aromatic rings. The molecule has 0 aliphatic rings. The van der Waals surface area contributed by atoms with Crippen molar-refractivity contribution in [3.05, 3.63) is 40.6 Å². The minimum atomic E-state index is 0.487. The Kier molecular flexibility index (Phi) is 2.65. The Labute approximate surface area is 90.5 Å². The lowest BCUT2D eigenvalue weighted by molar-refractivity contribution is 1.01. The van der Waals surface area contributed by atoms with Gasteiger partial charge in [-0.1, -0.05) is 28.1 Å². The van der Waals surface area contributed by atoms with Gasteiger partial charge in [-0.05, 0) is 12.1 Å². The van der Waals surface area contributed by atoms with Gasteiger partial charge >= 0.3 is 0 Å². The summed E-state index contributed by atoms with van der Waals surface area (Å²) in [6.07, 6.45) is 1.76. The molecule has 72 valence electrons. The smallest absolute Gasteiger partial charge is 0.137 e. The fourth-order valence-corrected chi connectivity index (χ4v) is 1.64. The Hall–Kier alpha value is -1.13. The number of aromatic nitrogens is 2. The molecule has 0 aliphatic heterocycles. The molecule has 4 heteroatoms. The van der Waals surface area contributed by atoms with E-state index in [-0.39, 0.29) is 0 Å². The number of hydrogen-bond donors (Lipinski definition) is 2. The number of halogens is 1. The van der Waals surface area contributed by atoms with Crippen LogP contribution < -0.4 is 5.73 Å². The summed E-state index contributed by atoms with van der Waals surface area (Å²) in [5, 5.41) is 0. The number of rotatable bonds is 2. The number of aromatic amines is 1. The largest absolute Gasteiger partial charge is 0.341 e. The van der Waals surface area contributed by atoms with E-state index in [2.05, 4.69) is 25.9 Å². The van der Waals surface area contributed by atoms with Gasteiger partial charge in [-0.2, -0.15) is 0 Å². The average molecular weight is 252 g/mol. The Morgan fingerprint density at radius 3 is 2.93 bits per heavy atom. The second-order valence-electron chi connectivity index (χ2n) is 2.97. The first-order chi connectivity index (χ1) is 6.79. The fourth-order valence-electron chi connectivity index (χ4n) is 1.25. The van der Waals surface area contributed by atoms with E-state index < -0.39 is 0 Å². The van der Waals surface area contributed by atoms with Gasteiger partial charge in [-0.3, -0.25) is 0 Å². The maximum atomic E-state index is 5.49. The molecule has 0 atom stereocenters. The van der Waals surface area contributed by atoms with Crippen LogP contribution in [0, 0.1) is 0 Å². The third kappa shape index (κ3) is 1.86. The van der Waals surface area contributed by atoms with E-state index in [1.165, 1.54) is 0 Å². The van der Waals surface area contributed by atoms with Crippen molar-refractivity contribution >= 4 is 15.9 Å². The Morgan fingerprint density at radius 2 is 2.29 bits per heavy atom. The fraction of sp³-hybridized carbons (Fsp3) is 0.100. The lowest BCUT2D eigenvalue weighted by Crippen LogP contribution is -1.95. The van der Waals surface area contributed by atoms with Gasteiger partial charge in [0.15, 0.2) is 0 Å². The molecule has 1 aromatic carbocycles. The summed E-state index contributed by atoms with van der Waals surface area (Å²) < 4.78 is 1.04. The topological polar surface area (TPSA) is 54.7 Å². The van der Waals surface area contributed by atoms with Gasteiger partial charge in [0.2, 0.25) is 0 Å². The normalized spacial score (nSPS) is 10.4. The first-order valence-electron chi connectivity index (χ1n) is 4.29.